The van der Waals surface area contributed by atoms with Gasteiger partial charge in [0.2, 0.25) is 0 Å². The number of nitrogens with zero attached hydrogens (tertiary/aromatic N) is 6. The fraction of sp³-hybridized carbons (Fsp3) is 0.533. The summed E-state index contributed by atoms with van der Waals surface area (Å²) in [6, 6.07) is 2.41. The zero-order valence-corrected chi connectivity index (χ0v) is 13.1. The van der Waals surface area contributed by atoms with Gasteiger partial charge < -0.3 is 5.32 Å². The molecule has 114 valence electrons. The van der Waals surface area contributed by atoms with E-state index in [0.29, 0.717) is 11.4 Å². The predicted octanol–water partition coefficient (Wildman–Crippen LogP) is 1.55. The smallest absolute Gasteiger partial charge is 0.167 e. The van der Waals surface area contributed by atoms with Crippen molar-refractivity contribution in [3.8, 4) is 6.07 Å². The van der Waals surface area contributed by atoms with E-state index in [1.807, 2.05) is 18.5 Å². The van der Waals surface area contributed by atoms with E-state index in [1.165, 1.54) is 0 Å². The fourth-order valence-electron chi connectivity index (χ4n) is 2.67. The lowest BCUT2D eigenvalue weighted by Crippen LogP contribution is -2.32. The summed E-state index contributed by atoms with van der Waals surface area (Å²) in [5.74, 6) is 2.50. The van der Waals surface area contributed by atoms with Gasteiger partial charge in [0.15, 0.2) is 11.6 Å². The van der Waals surface area contributed by atoms with Crippen molar-refractivity contribution in [2.75, 3.05) is 5.32 Å². The molecule has 1 atom stereocenters. The molecule has 1 N–H and O–H groups in total. The molecule has 2 aromatic rings. The molecule has 22 heavy (non-hydrogen) atoms. The largest absolute Gasteiger partial charge is 0.363 e. The molecule has 0 saturated heterocycles. The monoisotopic (exact) mass is 297 g/mol. The molecule has 0 aromatic carbocycles. The van der Waals surface area contributed by atoms with Crippen LogP contribution >= 0.6 is 0 Å². The van der Waals surface area contributed by atoms with Crippen molar-refractivity contribution in [3.05, 3.63) is 28.5 Å². The summed E-state index contributed by atoms with van der Waals surface area (Å²) in [4.78, 5) is 4.51. The second-order valence-electron chi connectivity index (χ2n) is 5.61. The van der Waals surface area contributed by atoms with Gasteiger partial charge in [-0.1, -0.05) is 6.92 Å². The first-order chi connectivity index (χ1) is 10.6. The molecule has 0 spiro atoms. The summed E-state index contributed by atoms with van der Waals surface area (Å²) in [7, 11) is 0. The minimum atomic E-state index is 0.183. The van der Waals surface area contributed by atoms with E-state index >= 15 is 0 Å². The minimum Gasteiger partial charge on any atom is -0.363 e. The topological polar surface area (TPSA) is 92.3 Å². The molecule has 7 nitrogen and oxygen atoms in total. The molecule has 1 aliphatic heterocycles. The van der Waals surface area contributed by atoms with Crippen LogP contribution in [0.3, 0.4) is 0 Å². The van der Waals surface area contributed by atoms with Crippen LogP contribution in [0, 0.1) is 25.2 Å². The third-order valence-corrected chi connectivity index (χ3v) is 4.13. The molecule has 0 amide bonds. The maximum atomic E-state index is 9.36. The molecule has 0 saturated carbocycles. The summed E-state index contributed by atoms with van der Waals surface area (Å²) in [5.41, 5.74) is 2.24. The van der Waals surface area contributed by atoms with Gasteiger partial charge in [-0.05, 0) is 25.8 Å². The first kappa shape index (κ1) is 14.4. The van der Waals surface area contributed by atoms with Crippen LogP contribution in [-0.2, 0) is 19.4 Å². The van der Waals surface area contributed by atoms with Gasteiger partial charge >= 0.3 is 0 Å². The predicted molar refractivity (Wildman–Crippen MR) is 81.4 cm³/mol. The van der Waals surface area contributed by atoms with E-state index < -0.39 is 0 Å². The quantitative estimate of drug-likeness (QED) is 0.924. The molecule has 2 aromatic heterocycles. The van der Waals surface area contributed by atoms with Crippen LogP contribution in [0.25, 0.3) is 0 Å². The average Bonchev–Trinajstić information content (AvgIpc) is 2.93. The van der Waals surface area contributed by atoms with Crippen molar-refractivity contribution >= 4 is 5.82 Å². The Morgan fingerprint density at radius 3 is 2.91 bits per heavy atom. The van der Waals surface area contributed by atoms with E-state index in [-0.39, 0.29) is 6.04 Å². The molecule has 0 aliphatic carbocycles. The normalized spacial score (nSPS) is 16.9. The number of rotatable bonds is 3. The Labute approximate surface area is 129 Å². The standard InChI is InChI=1S/C15H19N7/c1-4-13-18-14-6-5-11(8-22(14)21-13)17-15-12(7-16)9(2)10(3)19-20-15/h11H,4-6,8H2,1-3H3,(H,17,20). The number of hydrogen-bond donors (Lipinski definition) is 1. The van der Waals surface area contributed by atoms with E-state index in [9.17, 15) is 5.26 Å². The summed E-state index contributed by atoms with van der Waals surface area (Å²) in [6.07, 6.45) is 2.67. The summed E-state index contributed by atoms with van der Waals surface area (Å²) in [5, 5.41) is 25.5. The fourth-order valence-corrected chi connectivity index (χ4v) is 2.67. The van der Waals surface area contributed by atoms with Crippen LogP contribution in [-0.4, -0.2) is 31.0 Å². The SMILES string of the molecule is CCc1nc2n(n1)CC(Nc1nnc(C)c(C)c1C#N)CC2. The highest BCUT2D eigenvalue weighted by Crippen LogP contribution is 2.21. The van der Waals surface area contributed by atoms with E-state index in [1.54, 1.807) is 0 Å². The Balaban J connectivity index is 1.81. The van der Waals surface area contributed by atoms with Gasteiger partial charge in [0, 0.05) is 18.9 Å². The number of fused-ring (bicyclic) bond motifs is 1. The van der Waals surface area contributed by atoms with Crippen LogP contribution in [0.2, 0.25) is 0 Å². The van der Waals surface area contributed by atoms with Gasteiger partial charge in [-0.25, -0.2) is 9.67 Å². The maximum absolute atomic E-state index is 9.36. The van der Waals surface area contributed by atoms with E-state index in [2.05, 4.69) is 38.6 Å². The molecule has 3 heterocycles. The Hall–Kier alpha value is -2.49. The Morgan fingerprint density at radius 2 is 2.18 bits per heavy atom. The Morgan fingerprint density at radius 1 is 1.36 bits per heavy atom. The second-order valence-corrected chi connectivity index (χ2v) is 5.61. The number of nitriles is 1. The molecule has 0 fully saturated rings. The highest BCUT2D eigenvalue weighted by Gasteiger charge is 2.23. The van der Waals surface area contributed by atoms with Crippen LogP contribution in [0.4, 0.5) is 5.82 Å². The maximum Gasteiger partial charge on any atom is 0.167 e. The highest BCUT2D eigenvalue weighted by molar-refractivity contribution is 5.56. The number of anilines is 1. The van der Waals surface area contributed by atoms with Crippen molar-refractivity contribution in [1.82, 2.24) is 25.0 Å². The number of hydrogen-bond acceptors (Lipinski definition) is 6. The van der Waals surface area contributed by atoms with Gasteiger partial charge in [-0.3, -0.25) is 0 Å². The first-order valence-electron chi connectivity index (χ1n) is 7.55. The molecule has 3 rings (SSSR count). The zero-order valence-electron chi connectivity index (χ0n) is 13.1. The van der Waals surface area contributed by atoms with Crippen molar-refractivity contribution in [2.45, 2.75) is 52.6 Å². The zero-order chi connectivity index (χ0) is 15.7. The van der Waals surface area contributed by atoms with E-state index in [4.69, 9.17) is 0 Å². The Bertz CT molecular complexity index is 741. The molecule has 1 unspecified atom stereocenters. The highest BCUT2D eigenvalue weighted by atomic mass is 15.4. The van der Waals surface area contributed by atoms with E-state index in [0.717, 1.165) is 48.7 Å². The molecule has 0 radical (unpaired) electrons. The number of nitrogens with one attached hydrogen (secondary N) is 1. The summed E-state index contributed by atoms with van der Waals surface area (Å²) < 4.78 is 1.96. The number of aryl methyl sites for hydroxylation is 3. The van der Waals surface area contributed by atoms with Crippen LogP contribution in [0.5, 0.6) is 0 Å². The lowest BCUT2D eigenvalue weighted by atomic mass is 10.1. The second kappa shape index (κ2) is 5.72. The van der Waals surface area contributed by atoms with Crippen molar-refractivity contribution in [2.24, 2.45) is 0 Å². The lowest BCUT2D eigenvalue weighted by Gasteiger charge is -2.24. The van der Waals surface area contributed by atoms with Crippen molar-refractivity contribution in [1.29, 1.82) is 5.26 Å². The van der Waals surface area contributed by atoms with Crippen LogP contribution < -0.4 is 5.32 Å². The lowest BCUT2D eigenvalue weighted by molar-refractivity contribution is 0.439. The third-order valence-electron chi connectivity index (χ3n) is 4.13. The molecule has 7 heteroatoms. The molecule has 0 bridgehead atoms. The van der Waals surface area contributed by atoms with Crippen LogP contribution in [0.1, 0.15) is 41.8 Å². The van der Waals surface area contributed by atoms with Crippen molar-refractivity contribution < 1.29 is 0 Å². The average molecular weight is 297 g/mol. The third kappa shape index (κ3) is 2.52. The van der Waals surface area contributed by atoms with Gasteiger partial charge in [0.25, 0.3) is 0 Å². The Kier molecular flexibility index (Phi) is 3.75. The van der Waals surface area contributed by atoms with Crippen molar-refractivity contribution in [3.63, 3.8) is 0 Å². The summed E-state index contributed by atoms with van der Waals surface area (Å²) >= 11 is 0. The first-order valence-corrected chi connectivity index (χ1v) is 7.55. The number of aromatic nitrogens is 5. The van der Waals surface area contributed by atoms with Gasteiger partial charge in [-0.2, -0.15) is 15.5 Å². The molecule has 1 aliphatic rings. The molecular weight excluding hydrogens is 278 g/mol. The minimum absolute atomic E-state index is 0.183. The van der Waals surface area contributed by atoms with Gasteiger partial charge in [0.1, 0.15) is 17.5 Å². The summed E-state index contributed by atoms with van der Waals surface area (Å²) in [6.45, 7) is 6.56. The van der Waals surface area contributed by atoms with Gasteiger partial charge in [0.05, 0.1) is 12.2 Å². The molecular formula is C15H19N7. The van der Waals surface area contributed by atoms with Gasteiger partial charge in [-0.15, -0.1) is 5.10 Å². The van der Waals surface area contributed by atoms with Crippen LogP contribution in [0.15, 0.2) is 0 Å².